The number of benzene rings is 1. The number of phenolic OH excluding ortho intramolecular Hbond substituents is 1. The summed E-state index contributed by atoms with van der Waals surface area (Å²) in [4.78, 5) is 6.50. The van der Waals surface area contributed by atoms with Gasteiger partial charge in [-0.15, -0.1) is 5.10 Å². The highest BCUT2D eigenvalue weighted by atomic mass is 19.4. The van der Waals surface area contributed by atoms with Gasteiger partial charge in [-0.1, -0.05) is 0 Å². The fourth-order valence-electron chi connectivity index (χ4n) is 4.02. The summed E-state index contributed by atoms with van der Waals surface area (Å²) in [6, 6.07) is 4.65. The molecule has 1 aliphatic heterocycles. The summed E-state index contributed by atoms with van der Waals surface area (Å²) in [6.07, 6.45) is 1.81. The largest absolute Gasteiger partial charge is 0.507 e. The molecule has 8 heteroatoms. The van der Waals surface area contributed by atoms with E-state index in [2.05, 4.69) is 27.1 Å². The van der Waals surface area contributed by atoms with E-state index in [1.807, 2.05) is 0 Å². The van der Waals surface area contributed by atoms with Crippen LogP contribution in [0.1, 0.15) is 24.1 Å². The van der Waals surface area contributed by atoms with E-state index in [1.165, 1.54) is 6.07 Å². The second-order valence-corrected chi connectivity index (χ2v) is 7.62. The van der Waals surface area contributed by atoms with Gasteiger partial charge in [0.1, 0.15) is 11.4 Å². The Labute approximate surface area is 166 Å². The predicted octanol–water partition coefficient (Wildman–Crippen LogP) is 4.30. The summed E-state index contributed by atoms with van der Waals surface area (Å²) in [5.74, 6) is -0.00864. The number of alkyl halides is 3. The Morgan fingerprint density at radius 3 is 2.72 bits per heavy atom. The molecule has 152 valence electrons. The second-order valence-electron chi connectivity index (χ2n) is 7.62. The molecule has 1 unspecified atom stereocenters. The molecule has 0 amide bonds. The third kappa shape index (κ3) is 4.03. The maximum Gasteiger partial charge on any atom is 0.416 e. The zero-order valence-corrected chi connectivity index (χ0v) is 15.9. The van der Waals surface area contributed by atoms with Crippen LogP contribution in [0.5, 0.6) is 5.75 Å². The first-order valence-electron chi connectivity index (χ1n) is 9.51. The van der Waals surface area contributed by atoms with Gasteiger partial charge >= 0.3 is 6.18 Å². The summed E-state index contributed by atoms with van der Waals surface area (Å²) < 4.78 is 38.7. The maximum absolute atomic E-state index is 12.9. The number of pyridine rings is 1. The molecule has 0 saturated carbocycles. The number of halogens is 3. The Bertz CT molecular complexity index is 1040. The summed E-state index contributed by atoms with van der Waals surface area (Å²) >= 11 is 0. The lowest BCUT2D eigenvalue weighted by Crippen LogP contribution is -2.33. The van der Waals surface area contributed by atoms with E-state index >= 15 is 0 Å². The minimum atomic E-state index is -4.52. The lowest BCUT2D eigenvalue weighted by atomic mass is 9.92. The first-order chi connectivity index (χ1) is 13.8. The van der Waals surface area contributed by atoms with E-state index in [0.29, 0.717) is 17.0 Å². The number of piperidine rings is 1. The van der Waals surface area contributed by atoms with Crippen LogP contribution in [0.25, 0.3) is 22.0 Å². The average molecular weight is 402 g/mol. The van der Waals surface area contributed by atoms with Crippen LogP contribution in [0.4, 0.5) is 13.2 Å². The Kier molecular flexibility index (Phi) is 5.12. The van der Waals surface area contributed by atoms with E-state index in [0.717, 1.165) is 55.6 Å². The van der Waals surface area contributed by atoms with Crippen LogP contribution in [-0.2, 0) is 12.6 Å². The van der Waals surface area contributed by atoms with Crippen molar-refractivity contribution in [3.8, 4) is 17.0 Å². The van der Waals surface area contributed by atoms with E-state index in [4.69, 9.17) is 0 Å². The quantitative estimate of drug-likeness (QED) is 0.708. The fourth-order valence-corrected chi connectivity index (χ4v) is 4.02. The van der Waals surface area contributed by atoms with Gasteiger partial charge in [-0.3, -0.25) is 4.98 Å². The molecule has 1 saturated heterocycles. The minimum absolute atomic E-state index is 0.214. The number of nitrogens with zero attached hydrogens (tertiary/aromatic N) is 4. The van der Waals surface area contributed by atoms with Gasteiger partial charge in [0, 0.05) is 35.3 Å². The Morgan fingerprint density at radius 2 is 2.00 bits per heavy atom. The number of aromatic hydroxyl groups is 1. The number of fused-ring (bicyclic) bond motifs is 1. The summed E-state index contributed by atoms with van der Waals surface area (Å²) in [5.41, 5.74) is 0.475. The van der Waals surface area contributed by atoms with Gasteiger partial charge in [0.05, 0.1) is 11.3 Å². The third-order valence-electron chi connectivity index (χ3n) is 5.44. The number of aromatic nitrogens is 3. The number of likely N-dealkylation sites (tertiary alicyclic amines) is 1. The Morgan fingerprint density at radius 1 is 1.17 bits per heavy atom. The number of hydrogen-bond acceptors (Lipinski definition) is 5. The first kappa shape index (κ1) is 19.6. The van der Waals surface area contributed by atoms with Crippen LogP contribution in [0.2, 0.25) is 0 Å². The van der Waals surface area contributed by atoms with Crippen LogP contribution >= 0.6 is 0 Å². The maximum atomic E-state index is 12.9. The van der Waals surface area contributed by atoms with Crippen molar-refractivity contribution in [2.75, 3.05) is 20.1 Å². The van der Waals surface area contributed by atoms with Gasteiger partial charge in [0.25, 0.3) is 0 Å². The van der Waals surface area contributed by atoms with E-state index < -0.39 is 17.5 Å². The normalized spacial score (nSPS) is 18.3. The van der Waals surface area contributed by atoms with E-state index in [1.54, 1.807) is 18.5 Å². The van der Waals surface area contributed by atoms with Crippen molar-refractivity contribution < 1.29 is 18.3 Å². The topological polar surface area (TPSA) is 62.1 Å². The molecule has 4 rings (SSSR count). The minimum Gasteiger partial charge on any atom is -0.507 e. The zero-order valence-electron chi connectivity index (χ0n) is 15.9. The van der Waals surface area contributed by atoms with E-state index in [9.17, 15) is 18.3 Å². The van der Waals surface area contributed by atoms with Crippen LogP contribution < -0.4 is 0 Å². The van der Waals surface area contributed by atoms with Crippen molar-refractivity contribution in [3.05, 3.63) is 47.9 Å². The molecule has 0 bridgehead atoms. The molecule has 29 heavy (non-hydrogen) atoms. The van der Waals surface area contributed by atoms with E-state index in [-0.39, 0.29) is 5.56 Å². The van der Waals surface area contributed by atoms with Crippen LogP contribution in [0.15, 0.2) is 36.7 Å². The van der Waals surface area contributed by atoms with Gasteiger partial charge in [0.2, 0.25) is 0 Å². The lowest BCUT2D eigenvalue weighted by Gasteiger charge is -2.29. The molecule has 0 radical (unpaired) electrons. The highest BCUT2D eigenvalue weighted by Gasteiger charge is 2.31. The number of rotatable bonds is 3. The highest BCUT2D eigenvalue weighted by molar-refractivity contribution is 5.96. The van der Waals surface area contributed by atoms with Gasteiger partial charge in [-0.2, -0.15) is 18.3 Å². The number of phenols is 1. The zero-order chi connectivity index (χ0) is 20.6. The van der Waals surface area contributed by atoms with Gasteiger partial charge in [-0.05, 0) is 63.0 Å². The van der Waals surface area contributed by atoms with Crippen molar-refractivity contribution >= 4 is 10.8 Å². The third-order valence-corrected chi connectivity index (χ3v) is 5.44. The standard InChI is InChI=1S/C21H21F3N4O/c1-28-8-2-3-13(12-28)9-18-17-11-25-7-6-15(17)20(27-26-18)16-5-4-14(10-19(16)29)21(22,23)24/h4-7,10-11,13,29H,2-3,8-9,12H2,1H3. The lowest BCUT2D eigenvalue weighted by molar-refractivity contribution is -0.137. The van der Waals surface area contributed by atoms with Crippen molar-refractivity contribution in [1.82, 2.24) is 20.1 Å². The molecule has 1 aliphatic rings. The van der Waals surface area contributed by atoms with Crippen molar-refractivity contribution in [2.24, 2.45) is 5.92 Å². The Balaban J connectivity index is 1.74. The summed E-state index contributed by atoms with van der Waals surface area (Å²) in [5, 5.41) is 20.4. The smallest absolute Gasteiger partial charge is 0.416 e. The molecule has 1 atom stereocenters. The molecular formula is C21H21F3N4O. The van der Waals surface area contributed by atoms with Crippen LogP contribution in [0, 0.1) is 5.92 Å². The molecule has 3 aromatic rings. The molecule has 0 spiro atoms. The van der Waals surface area contributed by atoms with Crippen LogP contribution in [-0.4, -0.2) is 45.3 Å². The molecule has 5 nitrogen and oxygen atoms in total. The molecule has 2 aromatic heterocycles. The van der Waals surface area contributed by atoms with Gasteiger partial charge < -0.3 is 10.0 Å². The molecule has 1 aromatic carbocycles. The molecule has 1 fully saturated rings. The molecular weight excluding hydrogens is 381 g/mol. The molecule has 3 heterocycles. The highest BCUT2D eigenvalue weighted by Crippen LogP contribution is 2.38. The molecule has 1 N–H and O–H groups in total. The fraction of sp³-hybridized carbons (Fsp3) is 0.381. The van der Waals surface area contributed by atoms with Crippen LogP contribution in [0.3, 0.4) is 0 Å². The first-order valence-corrected chi connectivity index (χ1v) is 9.51. The number of hydrogen-bond donors (Lipinski definition) is 1. The summed E-state index contributed by atoms with van der Waals surface area (Å²) in [6.45, 7) is 2.08. The van der Waals surface area contributed by atoms with Gasteiger partial charge in [0.15, 0.2) is 0 Å². The SMILES string of the molecule is CN1CCCC(Cc2nnc(-c3ccc(C(F)(F)F)cc3O)c3ccncc23)C1. The average Bonchev–Trinajstić information content (AvgIpc) is 2.68. The molecule has 0 aliphatic carbocycles. The Hall–Kier alpha value is -2.74. The summed E-state index contributed by atoms with van der Waals surface area (Å²) in [7, 11) is 2.11. The second kappa shape index (κ2) is 7.59. The van der Waals surface area contributed by atoms with Gasteiger partial charge in [-0.25, -0.2) is 0 Å². The van der Waals surface area contributed by atoms with Crippen molar-refractivity contribution in [2.45, 2.75) is 25.4 Å². The monoisotopic (exact) mass is 402 g/mol. The van der Waals surface area contributed by atoms with Crippen molar-refractivity contribution in [1.29, 1.82) is 0 Å². The van der Waals surface area contributed by atoms with Crippen molar-refractivity contribution in [3.63, 3.8) is 0 Å². The predicted molar refractivity (Wildman–Crippen MR) is 103 cm³/mol.